The molecule has 1 saturated carbocycles. The van der Waals surface area contributed by atoms with Crippen LogP contribution in [-0.2, 0) is 5.54 Å². The molecule has 1 heterocycles. The van der Waals surface area contributed by atoms with Gasteiger partial charge >= 0.3 is 6.61 Å². The minimum Gasteiger partial charge on any atom is -0.435 e. The van der Waals surface area contributed by atoms with Crippen molar-refractivity contribution in [3.05, 3.63) is 30.1 Å². The summed E-state index contributed by atoms with van der Waals surface area (Å²) in [6.45, 7) is -2.87. The van der Waals surface area contributed by atoms with Crippen molar-refractivity contribution in [2.24, 2.45) is 5.73 Å². The Kier molecular flexibility index (Phi) is 3.59. The van der Waals surface area contributed by atoms with E-state index in [9.17, 15) is 8.78 Å². The van der Waals surface area contributed by atoms with Crippen molar-refractivity contribution in [1.29, 1.82) is 0 Å². The summed E-state index contributed by atoms with van der Waals surface area (Å²) in [5, 5.41) is 3.94. The lowest BCUT2D eigenvalue weighted by atomic mass is 9.99. The molecule has 21 heavy (non-hydrogen) atoms. The van der Waals surface area contributed by atoms with Crippen LogP contribution in [0.5, 0.6) is 5.75 Å². The zero-order valence-electron chi connectivity index (χ0n) is 11.3. The van der Waals surface area contributed by atoms with Gasteiger partial charge in [-0.25, -0.2) is 0 Å². The first-order valence-electron chi connectivity index (χ1n) is 6.75. The van der Waals surface area contributed by atoms with Gasteiger partial charge in [0.25, 0.3) is 5.89 Å². The number of alkyl halides is 2. The number of ether oxygens (including phenoxy) is 1. The second kappa shape index (κ2) is 5.40. The number of aromatic nitrogens is 2. The fourth-order valence-electron chi connectivity index (χ4n) is 2.58. The molecular formula is C14H15F2N3O2. The third-order valence-electron chi connectivity index (χ3n) is 3.67. The maximum atomic E-state index is 12.2. The van der Waals surface area contributed by atoms with E-state index in [0.717, 1.165) is 25.7 Å². The smallest absolute Gasteiger partial charge is 0.387 e. The molecule has 0 unspecified atom stereocenters. The maximum Gasteiger partial charge on any atom is 0.387 e. The summed E-state index contributed by atoms with van der Waals surface area (Å²) in [5.74, 6) is 0.766. The number of rotatable bonds is 4. The molecule has 0 amide bonds. The lowest BCUT2D eigenvalue weighted by molar-refractivity contribution is -0.0498. The van der Waals surface area contributed by atoms with Crippen LogP contribution >= 0.6 is 0 Å². The van der Waals surface area contributed by atoms with Crippen LogP contribution in [0.25, 0.3) is 11.5 Å². The van der Waals surface area contributed by atoms with Gasteiger partial charge in [0, 0.05) is 5.56 Å². The van der Waals surface area contributed by atoms with Crippen LogP contribution in [0.1, 0.15) is 31.5 Å². The highest BCUT2D eigenvalue weighted by atomic mass is 19.3. The van der Waals surface area contributed by atoms with E-state index in [1.165, 1.54) is 12.1 Å². The summed E-state index contributed by atoms with van der Waals surface area (Å²) in [5.41, 5.74) is 6.24. The highest BCUT2D eigenvalue weighted by Gasteiger charge is 2.36. The number of halogens is 2. The molecule has 2 N–H and O–H groups in total. The van der Waals surface area contributed by atoms with E-state index < -0.39 is 12.2 Å². The summed E-state index contributed by atoms with van der Waals surface area (Å²) < 4.78 is 34.0. The molecule has 1 aromatic carbocycles. The summed E-state index contributed by atoms with van der Waals surface area (Å²) in [4.78, 5) is 4.31. The molecule has 1 aromatic heterocycles. The molecule has 1 aliphatic carbocycles. The first-order chi connectivity index (χ1) is 10.1. The van der Waals surface area contributed by atoms with E-state index in [1.807, 2.05) is 0 Å². The molecule has 0 aliphatic heterocycles. The number of benzene rings is 1. The van der Waals surface area contributed by atoms with Gasteiger partial charge in [-0.2, -0.15) is 13.8 Å². The van der Waals surface area contributed by atoms with E-state index in [1.54, 1.807) is 12.1 Å². The second-order valence-electron chi connectivity index (χ2n) is 5.19. The molecule has 3 rings (SSSR count). The predicted molar refractivity (Wildman–Crippen MR) is 70.7 cm³/mol. The Balaban J connectivity index is 1.86. The van der Waals surface area contributed by atoms with Crippen LogP contribution in [0.3, 0.4) is 0 Å². The van der Waals surface area contributed by atoms with Gasteiger partial charge in [-0.15, -0.1) is 0 Å². The fraction of sp³-hybridized carbons (Fsp3) is 0.429. The average molecular weight is 295 g/mol. The Morgan fingerprint density at radius 3 is 2.76 bits per heavy atom. The predicted octanol–water partition coefficient (Wildman–Crippen LogP) is 3.07. The van der Waals surface area contributed by atoms with E-state index in [0.29, 0.717) is 11.4 Å². The van der Waals surface area contributed by atoms with Crippen LogP contribution < -0.4 is 10.5 Å². The van der Waals surface area contributed by atoms with Crippen molar-refractivity contribution < 1.29 is 18.0 Å². The van der Waals surface area contributed by atoms with Crippen molar-refractivity contribution in [3.63, 3.8) is 0 Å². The number of nitrogens with two attached hydrogens (primary N) is 1. The van der Waals surface area contributed by atoms with Crippen LogP contribution in [0.4, 0.5) is 8.78 Å². The Labute approximate surface area is 120 Å². The van der Waals surface area contributed by atoms with Crippen LogP contribution in [0.2, 0.25) is 0 Å². The van der Waals surface area contributed by atoms with Gasteiger partial charge in [-0.05, 0) is 31.0 Å². The standard InChI is InChI=1S/C14H15F2N3O2/c15-13(16)20-10-5-3-4-9(8-10)11-18-12(19-21-11)14(17)6-1-2-7-14/h3-5,8,13H,1-2,6-7,17H2. The molecular weight excluding hydrogens is 280 g/mol. The Bertz CT molecular complexity index is 624. The van der Waals surface area contributed by atoms with Gasteiger partial charge in [0.1, 0.15) is 5.75 Å². The summed E-state index contributed by atoms with van der Waals surface area (Å²) in [6.07, 6.45) is 3.72. The van der Waals surface area contributed by atoms with E-state index in [4.69, 9.17) is 10.3 Å². The normalized spacial score (nSPS) is 17.3. The van der Waals surface area contributed by atoms with Gasteiger partial charge in [0.2, 0.25) is 0 Å². The lowest BCUT2D eigenvalue weighted by Gasteiger charge is -2.17. The molecule has 0 saturated heterocycles. The van der Waals surface area contributed by atoms with E-state index in [2.05, 4.69) is 14.9 Å². The molecule has 1 aliphatic rings. The molecule has 5 nitrogen and oxygen atoms in total. The largest absolute Gasteiger partial charge is 0.435 e. The van der Waals surface area contributed by atoms with Gasteiger partial charge in [0.05, 0.1) is 5.54 Å². The molecule has 0 atom stereocenters. The SMILES string of the molecule is NC1(c2noc(-c3cccc(OC(F)F)c3)n2)CCCC1. The van der Waals surface area contributed by atoms with Gasteiger partial charge < -0.3 is 15.0 Å². The second-order valence-corrected chi connectivity index (χ2v) is 5.19. The zero-order valence-corrected chi connectivity index (χ0v) is 11.3. The number of nitrogens with zero attached hydrogens (tertiary/aromatic N) is 2. The molecule has 7 heteroatoms. The Morgan fingerprint density at radius 2 is 2.05 bits per heavy atom. The fourth-order valence-corrected chi connectivity index (χ4v) is 2.58. The number of hydrogen-bond donors (Lipinski definition) is 1. The van der Waals surface area contributed by atoms with Crippen LogP contribution in [0, 0.1) is 0 Å². The number of hydrogen-bond acceptors (Lipinski definition) is 5. The molecule has 1 fully saturated rings. The summed E-state index contributed by atoms with van der Waals surface area (Å²) >= 11 is 0. The minimum atomic E-state index is -2.87. The first-order valence-corrected chi connectivity index (χ1v) is 6.75. The molecule has 0 spiro atoms. The van der Waals surface area contributed by atoms with E-state index >= 15 is 0 Å². The quantitative estimate of drug-likeness (QED) is 0.938. The van der Waals surface area contributed by atoms with Crippen LogP contribution in [0.15, 0.2) is 28.8 Å². The topological polar surface area (TPSA) is 74.2 Å². The average Bonchev–Trinajstić information content (AvgIpc) is 3.08. The third-order valence-corrected chi connectivity index (χ3v) is 3.67. The van der Waals surface area contributed by atoms with E-state index in [-0.39, 0.29) is 11.6 Å². The van der Waals surface area contributed by atoms with Crippen molar-refractivity contribution in [1.82, 2.24) is 10.1 Å². The molecule has 112 valence electrons. The monoisotopic (exact) mass is 295 g/mol. The third kappa shape index (κ3) is 2.87. The Hall–Kier alpha value is -2.02. The highest BCUT2D eigenvalue weighted by Crippen LogP contribution is 2.35. The van der Waals surface area contributed by atoms with Crippen molar-refractivity contribution >= 4 is 0 Å². The molecule has 0 bridgehead atoms. The van der Waals surface area contributed by atoms with Gasteiger partial charge in [-0.1, -0.05) is 24.1 Å². The first kappa shape index (κ1) is 13.9. The van der Waals surface area contributed by atoms with Gasteiger partial charge in [-0.3, -0.25) is 0 Å². The molecule has 0 radical (unpaired) electrons. The highest BCUT2D eigenvalue weighted by molar-refractivity contribution is 5.55. The Morgan fingerprint density at radius 1 is 1.29 bits per heavy atom. The van der Waals surface area contributed by atoms with Gasteiger partial charge in [0.15, 0.2) is 5.82 Å². The molecule has 2 aromatic rings. The minimum absolute atomic E-state index is 0.0468. The lowest BCUT2D eigenvalue weighted by Crippen LogP contribution is -2.34. The van der Waals surface area contributed by atoms with Crippen LogP contribution in [-0.4, -0.2) is 16.8 Å². The summed E-state index contributed by atoms with van der Waals surface area (Å²) in [6, 6.07) is 6.15. The maximum absolute atomic E-state index is 12.2. The van der Waals surface area contributed by atoms with Crippen molar-refractivity contribution in [2.45, 2.75) is 37.8 Å². The van der Waals surface area contributed by atoms with Crippen molar-refractivity contribution in [2.75, 3.05) is 0 Å². The zero-order chi connectivity index (χ0) is 14.9. The van der Waals surface area contributed by atoms with Crippen molar-refractivity contribution in [3.8, 4) is 17.2 Å². The summed E-state index contributed by atoms with van der Waals surface area (Å²) in [7, 11) is 0.